The van der Waals surface area contributed by atoms with Gasteiger partial charge in [-0.3, -0.25) is 9.80 Å². The first-order chi connectivity index (χ1) is 15.8. The van der Waals surface area contributed by atoms with Gasteiger partial charge in [0.05, 0.1) is 11.4 Å². The fourth-order valence-corrected chi connectivity index (χ4v) is 5.84. The summed E-state index contributed by atoms with van der Waals surface area (Å²) < 4.78 is 13.2. The Hall–Kier alpha value is -2.67. The quantitative estimate of drug-likeness (QED) is 0.397. The van der Waals surface area contributed by atoms with Crippen molar-refractivity contribution in [2.75, 3.05) is 9.80 Å². The minimum atomic E-state index is -0.452. The molecule has 0 aromatic heterocycles. The number of rotatable bonds is 3. The third-order valence-corrected chi connectivity index (χ3v) is 6.91. The van der Waals surface area contributed by atoms with Gasteiger partial charge in [0.25, 0.3) is 0 Å². The molecule has 33 heavy (non-hydrogen) atoms. The third-order valence-electron chi connectivity index (χ3n) is 6.52. The number of hydrogen-bond donors (Lipinski definition) is 0. The standard InChI is InChI=1S/C27H29BN2O2S/c1-16-12-18(3)23(19(4)13-16)29-25-26(32-28(31-25)22-10-8-7-9-11-22)30(27(29)33)24-20(5)14-17(2)15-21(24)6/h7-15,25-26H,1-6H3/t25-,26+. The summed E-state index contributed by atoms with van der Waals surface area (Å²) in [5, 5.41) is 0.710. The zero-order valence-electron chi connectivity index (χ0n) is 20.0. The van der Waals surface area contributed by atoms with Gasteiger partial charge in [-0.15, -0.1) is 0 Å². The topological polar surface area (TPSA) is 24.9 Å². The second-order valence-electron chi connectivity index (χ2n) is 9.31. The summed E-state index contributed by atoms with van der Waals surface area (Å²) in [6.07, 6.45) is -0.689. The van der Waals surface area contributed by atoms with E-state index >= 15 is 0 Å². The van der Waals surface area contributed by atoms with Crippen LogP contribution >= 0.6 is 12.2 Å². The Labute approximate surface area is 202 Å². The van der Waals surface area contributed by atoms with Crippen molar-refractivity contribution in [3.8, 4) is 0 Å². The van der Waals surface area contributed by atoms with Crippen molar-refractivity contribution >= 4 is 41.3 Å². The lowest BCUT2D eigenvalue weighted by Gasteiger charge is -2.30. The Morgan fingerprint density at radius 3 is 1.45 bits per heavy atom. The van der Waals surface area contributed by atoms with Gasteiger partial charge in [0.2, 0.25) is 0 Å². The van der Waals surface area contributed by atoms with Crippen LogP contribution in [0.4, 0.5) is 11.4 Å². The first-order valence-electron chi connectivity index (χ1n) is 11.4. The number of fused-ring (bicyclic) bond motifs is 1. The number of benzene rings is 3. The smallest absolute Gasteiger partial charge is 0.382 e. The minimum absolute atomic E-state index is 0.345. The normalized spacial score (nSPS) is 20.1. The summed E-state index contributed by atoms with van der Waals surface area (Å²) in [5.41, 5.74) is 10.4. The van der Waals surface area contributed by atoms with E-state index in [9.17, 15) is 0 Å². The van der Waals surface area contributed by atoms with Crippen LogP contribution in [0.1, 0.15) is 33.4 Å². The molecule has 0 N–H and O–H groups in total. The highest BCUT2D eigenvalue weighted by Crippen LogP contribution is 2.42. The Kier molecular flexibility index (Phi) is 5.56. The molecule has 2 fully saturated rings. The Morgan fingerprint density at radius 2 is 1.06 bits per heavy atom. The van der Waals surface area contributed by atoms with E-state index in [0.29, 0.717) is 5.11 Å². The maximum atomic E-state index is 6.58. The molecule has 0 bridgehead atoms. The van der Waals surface area contributed by atoms with Gasteiger partial charge in [-0.2, -0.15) is 0 Å². The van der Waals surface area contributed by atoms with Gasteiger partial charge in [-0.25, -0.2) is 0 Å². The number of hydrogen-bond acceptors (Lipinski definition) is 3. The van der Waals surface area contributed by atoms with Crippen molar-refractivity contribution in [2.24, 2.45) is 0 Å². The fraction of sp³-hybridized carbons (Fsp3) is 0.296. The molecule has 0 aliphatic carbocycles. The molecule has 3 aromatic carbocycles. The van der Waals surface area contributed by atoms with Crippen LogP contribution in [0.3, 0.4) is 0 Å². The van der Waals surface area contributed by atoms with Gasteiger partial charge in [-0.1, -0.05) is 65.7 Å². The van der Waals surface area contributed by atoms with E-state index in [-0.39, 0.29) is 12.5 Å². The maximum Gasteiger partial charge on any atom is 0.497 e. The molecular weight excluding hydrogens is 427 g/mol. The number of aryl methyl sites for hydroxylation is 6. The molecule has 2 saturated heterocycles. The van der Waals surface area contributed by atoms with Gasteiger partial charge in [0.15, 0.2) is 17.6 Å². The van der Waals surface area contributed by atoms with Gasteiger partial charge in [0.1, 0.15) is 0 Å². The van der Waals surface area contributed by atoms with Crippen LogP contribution in [0.2, 0.25) is 0 Å². The van der Waals surface area contributed by atoms with Crippen molar-refractivity contribution in [2.45, 2.75) is 54.0 Å². The second kappa shape index (κ2) is 8.28. The molecule has 2 aliphatic heterocycles. The zero-order valence-corrected chi connectivity index (χ0v) is 20.9. The molecule has 6 heteroatoms. The van der Waals surface area contributed by atoms with Gasteiger partial charge in [-0.05, 0) is 81.5 Å². The highest BCUT2D eigenvalue weighted by atomic mass is 32.1. The first-order valence-corrected chi connectivity index (χ1v) is 11.8. The van der Waals surface area contributed by atoms with Gasteiger partial charge in [0, 0.05) is 0 Å². The molecule has 3 aromatic rings. The van der Waals surface area contributed by atoms with Gasteiger partial charge >= 0.3 is 7.12 Å². The number of nitrogens with zero attached hydrogens (tertiary/aromatic N) is 2. The highest BCUT2D eigenvalue weighted by Gasteiger charge is 2.55. The van der Waals surface area contributed by atoms with E-state index in [1.807, 2.05) is 30.3 Å². The number of anilines is 2. The van der Waals surface area contributed by atoms with E-state index in [1.54, 1.807) is 0 Å². The van der Waals surface area contributed by atoms with Crippen molar-refractivity contribution in [1.82, 2.24) is 0 Å². The monoisotopic (exact) mass is 456 g/mol. The molecule has 2 atom stereocenters. The molecule has 0 spiro atoms. The minimum Gasteiger partial charge on any atom is -0.382 e. The lowest BCUT2D eigenvalue weighted by atomic mass is 9.79. The van der Waals surface area contributed by atoms with E-state index in [2.05, 4.69) is 75.6 Å². The molecule has 2 heterocycles. The van der Waals surface area contributed by atoms with Crippen LogP contribution in [-0.2, 0) is 9.31 Å². The number of thiocarbonyl (C=S) groups is 1. The Balaban J connectivity index is 1.65. The molecule has 4 nitrogen and oxygen atoms in total. The Morgan fingerprint density at radius 1 is 0.667 bits per heavy atom. The summed E-state index contributed by atoms with van der Waals surface area (Å²) in [4.78, 5) is 4.32. The molecule has 2 aliphatic rings. The van der Waals surface area contributed by atoms with Crippen molar-refractivity contribution in [3.63, 3.8) is 0 Å². The second-order valence-corrected chi connectivity index (χ2v) is 9.68. The summed E-state index contributed by atoms with van der Waals surface area (Å²) in [6, 6.07) is 18.9. The largest absolute Gasteiger partial charge is 0.497 e. The van der Waals surface area contributed by atoms with Crippen LogP contribution in [0.15, 0.2) is 54.6 Å². The summed E-state index contributed by atoms with van der Waals surface area (Å²) in [7, 11) is -0.452. The van der Waals surface area contributed by atoms with Gasteiger partial charge < -0.3 is 9.31 Å². The third kappa shape index (κ3) is 3.66. The average molecular weight is 456 g/mol. The molecule has 0 radical (unpaired) electrons. The highest BCUT2D eigenvalue weighted by molar-refractivity contribution is 7.80. The molecule has 5 rings (SSSR count). The van der Waals surface area contributed by atoms with E-state index in [4.69, 9.17) is 21.5 Å². The van der Waals surface area contributed by atoms with Crippen LogP contribution in [0, 0.1) is 41.5 Å². The predicted octanol–water partition coefficient (Wildman–Crippen LogP) is 5.24. The molecule has 0 amide bonds. The lowest BCUT2D eigenvalue weighted by Crippen LogP contribution is -2.43. The molecule has 168 valence electrons. The van der Waals surface area contributed by atoms with Crippen molar-refractivity contribution in [1.29, 1.82) is 0 Å². The molecule has 0 saturated carbocycles. The first kappa shape index (κ1) is 22.1. The molecule has 0 unspecified atom stereocenters. The van der Waals surface area contributed by atoms with Crippen molar-refractivity contribution < 1.29 is 9.31 Å². The van der Waals surface area contributed by atoms with E-state index < -0.39 is 7.12 Å². The zero-order chi connectivity index (χ0) is 23.4. The van der Waals surface area contributed by atoms with Crippen LogP contribution in [-0.4, -0.2) is 24.7 Å². The van der Waals surface area contributed by atoms with Crippen LogP contribution in [0.5, 0.6) is 0 Å². The predicted molar refractivity (Wildman–Crippen MR) is 140 cm³/mol. The summed E-state index contributed by atoms with van der Waals surface area (Å²) in [5.74, 6) is 0. The average Bonchev–Trinajstić information content (AvgIpc) is 3.27. The van der Waals surface area contributed by atoms with Crippen LogP contribution < -0.4 is 15.3 Å². The Bertz CT molecular complexity index is 1120. The fourth-order valence-electron chi connectivity index (χ4n) is 5.45. The lowest BCUT2D eigenvalue weighted by molar-refractivity contribution is 0.189. The van der Waals surface area contributed by atoms with Crippen molar-refractivity contribution in [3.05, 3.63) is 88.0 Å². The summed E-state index contributed by atoms with van der Waals surface area (Å²) in [6.45, 7) is 12.8. The molecular formula is C27H29BN2O2S. The van der Waals surface area contributed by atoms with Crippen LogP contribution in [0.25, 0.3) is 0 Å². The maximum absolute atomic E-state index is 6.58. The van der Waals surface area contributed by atoms with E-state index in [1.165, 1.54) is 33.4 Å². The SMILES string of the molecule is Cc1cc(C)c(N2C(=S)N(c3c(C)cc(C)cc3C)[C@H]3OB(c4ccccc4)O[C@H]32)c(C)c1. The summed E-state index contributed by atoms with van der Waals surface area (Å²) >= 11 is 6.13. The van der Waals surface area contributed by atoms with E-state index in [0.717, 1.165) is 16.8 Å².